The zero-order chi connectivity index (χ0) is 9.40. The number of rotatable bonds is 2. The zero-order valence-electron chi connectivity index (χ0n) is 8.52. The van der Waals surface area contributed by atoms with Crippen molar-refractivity contribution in [2.75, 3.05) is 12.4 Å². The van der Waals surface area contributed by atoms with E-state index in [9.17, 15) is 0 Å². The standard InChI is InChI=1S/C9H13N.C2H6/c1-3-8-4-6-9(10-2)7-5-8;1-2/h4-7,10H,3H2,1-2H3;1-2H3. The number of benzene rings is 1. The average Bonchev–Trinajstić information content (AvgIpc) is 2.21. The van der Waals surface area contributed by atoms with Crippen molar-refractivity contribution in [1.82, 2.24) is 0 Å². The summed E-state index contributed by atoms with van der Waals surface area (Å²) in [6, 6.07) is 8.48. The molecule has 0 atom stereocenters. The molecule has 1 heteroatoms. The lowest BCUT2D eigenvalue weighted by Crippen LogP contribution is -1.87. The summed E-state index contributed by atoms with van der Waals surface area (Å²) in [5.41, 5.74) is 2.57. The molecule has 0 saturated carbocycles. The first-order chi connectivity index (χ1) is 5.86. The van der Waals surface area contributed by atoms with Crippen molar-refractivity contribution in [3.8, 4) is 0 Å². The number of hydrogen-bond donors (Lipinski definition) is 1. The van der Waals surface area contributed by atoms with Gasteiger partial charge in [0.2, 0.25) is 0 Å². The van der Waals surface area contributed by atoms with E-state index >= 15 is 0 Å². The van der Waals surface area contributed by atoms with Crippen LogP contribution >= 0.6 is 0 Å². The highest BCUT2D eigenvalue weighted by Gasteiger charge is 1.87. The maximum atomic E-state index is 3.08. The van der Waals surface area contributed by atoms with E-state index in [1.54, 1.807) is 0 Å². The Morgan fingerprint density at radius 3 is 1.92 bits per heavy atom. The van der Waals surface area contributed by atoms with Crippen LogP contribution in [-0.2, 0) is 6.42 Å². The third kappa shape index (κ3) is 3.42. The summed E-state index contributed by atoms with van der Waals surface area (Å²) in [4.78, 5) is 0. The van der Waals surface area contributed by atoms with Crippen LogP contribution in [0.5, 0.6) is 0 Å². The highest BCUT2D eigenvalue weighted by Crippen LogP contribution is 2.08. The molecule has 0 heterocycles. The van der Waals surface area contributed by atoms with Gasteiger partial charge >= 0.3 is 0 Å². The molecule has 1 rings (SSSR count). The fraction of sp³-hybridized carbons (Fsp3) is 0.455. The average molecular weight is 165 g/mol. The fourth-order valence-corrected chi connectivity index (χ4v) is 0.907. The van der Waals surface area contributed by atoms with E-state index in [4.69, 9.17) is 0 Å². The molecular weight excluding hydrogens is 146 g/mol. The SMILES string of the molecule is CC.CCc1ccc(NC)cc1. The summed E-state index contributed by atoms with van der Waals surface area (Å²) in [5, 5.41) is 3.08. The van der Waals surface area contributed by atoms with Crippen LogP contribution in [0.1, 0.15) is 26.3 Å². The quantitative estimate of drug-likeness (QED) is 0.709. The molecule has 12 heavy (non-hydrogen) atoms. The van der Waals surface area contributed by atoms with Crippen molar-refractivity contribution in [3.63, 3.8) is 0 Å². The van der Waals surface area contributed by atoms with E-state index in [2.05, 4.69) is 36.5 Å². The van der Waals surface area contributed by atoms with Gasteiger partial charge in [0, 0.05) is 12.7 Å². The van der Waals surface area contributed by atoms with Crippen LogP contribution in [0.2, 0.25) is 0 Å². The van der Waals surface area contributed by atoms with Gasteiger partial charge in [-0.2, -0.15) is 0 Å². The summed E-state index contributed by atoms with van der Waals surface area (Å²) >= 11 is 0. The molecule has 0 aliphatic carbocycles. The Bertz CT molecular complexity index is 166. The van der Waals surface area contributed by atoms with E-state index in [-0.39, 0.29) is 0 Å². The monoisotopic (exact) mass is 165 g/mol. The topological polar surface area (TPSA) is 12.0 Å². The Morgan fingerprint density at radius 2 is 1.58 bits per heavy atom. The smallest absolute Gasteiger partial charge is 0.0337 e. The lowest BCUT2D eigenvalue weighted by atomic mass is 10.1. The van der Waals surface area contributed by atoms with Gasteiger partial charge in [-0.15, -0.1) is 0 Å². The summed E-state index contributed by atoms with van der Waals surface area (Å²) in [6.07, 6.45) is 1.12. The van der Waals surface area contributed by atoms with Gasteiger partial charge in [-0.05, 0) is 24.1 Å². The lowest BCUT2D eigenvalue weighted by molar-refractivity contribution is 1.14. The molecule has 0 bridgehead atoms. The van der Waals surface area contributed by atoms with Crippen LogP contribution < -0.4 is 5.32 Å². The molecule has 0 amide bonds. The minimum atomic E-state index is 1.12. The zero-order valence-corrected chi connectivity index (χ0v) is 8.52. The molecule has 0 spiro atoms. The molecule has 1 N–H and O–H groups in total. The van der Waals surface area contributed by atoms with Crippen LogP contribution in [0.25, 0.3) is 0 Å². The highest BCUT2D eigenvalue weighted by molar-refractivity contribution is 5.43. The first-order valence-corrected chi connectivity index (χ1v) is 4.63. The molecule has 0 aliphatic rings. The second-order valence-corrected chi connectivity index (χ2v) is 2.30. The normalized spacial score (nSPS) is 8.33. The van der Waals surface area contributed by atoms with Crippen molar-refractivity contribution in [1.29, 1.82) is 0 Å². The summed E-state index contributed by atoms with van der Waals surface area (Å²) in [6.45, 7) is 6.16. The molecule has 1 aromatic carbocycles. The first-order valence-electron chi connectivity index (χ1n) is 4.63. The van der Waals surface area contributed by atoms with Crippen LogP contribution in [0.4, 0.5) is 5.69 Å². The minimum Gasteiger partial charge on any atom is -0.388 e. The van der Waals surface area contributed by atoms with Crippen molar-refractivity contribution < 1.29 is 0 Å². The highest BCUT2D eigenvalue weighted by atomic mass is 14.8. The van der Waals surface area contributed by atoms with Gasteiger partial charge in [-0.3, -0.25) is 0 Å². The molecule has 68 valence electrons. The Labute approximate surface area is 75.8 Å². The third-order valence-corrected chi connectivity index (χ3v) is 1.65. The molecule has 0 unspecified atom stereocenters. The van der Waals surface area contributed by atoms with Gasteiger partial charge < -0.3 is 5.32 Å². The summed E-state index contributed by atoms with van der Waals surface area (Å²) < 4.78 is 0. The molecule has 1 aromatic rings. The van der Waals surface area contributed by atoms with Crippen molar-refractivity contribution >= 4 is 5.69 Å². The van der Waals surface area contributed by atoms with Crippen LogP contribution in [-0.4, -0.2) is 7.05 Å². The second kappa shape index (κ2) is 6.71. The van der Waals surface area contributed by atoms with Crippen LogP contribution in [0.15, 0.2) is 24.3 Å². The fourth-order valence-electron chi connectivity index (χ4n) is 0.907. The van der Waals surface area contributed by atoms with Gasteiger partial charge in [0.15, 0.2) is 0 Å². The Balaban J connectivity index is 0.000000561. The predicted octanol–water partition coefficient (Wildman–Crippen LogP) is 3.32. The van der Waals surface area contributed by atoms with E-state index in [0.29, 0.717) is 0 Å². The Kier molecular flexibility index (Phi) is 6.16. The molecule has 0 aromatic heterocycles. The number of nitrogens with one attached hydrogen (secondary N) is 1. The van der Waals surface area contributed by atoms with Gasteiger partial charge in [0.05, 0.1) is 0 Å². The maximum absolute atomic E-state index is 3.08. The number of aryl methyl sites for hydroxylation is 1. The predicted molar refractivity (Wildman–Crippen MR) is 56.7 cm³/mol. The Morgan fingerprint density at radius 1 is 1.08 bits per heavy atom. The van der Waals surface area contributed by atoms with Gasteiger partial charge in [-0.25, -0.2) is 0 Å². The van der Waals surface area contributed by atoms with E-state index in [1.807, 2.05) is 20.9 Å². The number of anilines is 1. The third-order valence-electron chi connectivity index (χ3n) is 1.65. The van der Waals surface area contributed by atoms with Crippen molar-refractivity contribution in [2.45, 2.75) is 27.2 Å². The number of hydrogen-bond acceptors (Lipinski definition) is 1. The lowest BCUT2D eigenvalue weighted by Gasteiger charge is -1.99. The van der Waals surface area contributed by atoms with E-state index in [0.717, 1.165) is 6.42 Å². The largest absolute Gasteiger partial charge is 0.388 e. The van der Waals surface area contributed by atoms with Crippen molar-refractivity contribution in [3.05, 3.63) is 29.8 Å². The summed E-state index contributed by atoms with van der Waals surface area (Å²) in [5.74, 6) is 0. The second-order valence-electron chi connectivity index (χ2n) is 2.30. The minimum absolute atomic E-state index is 1.12. The first kappa shape index (κ1) is 11.0. The van der Waals surface area contributed by atoms with Gasteiger partial charge in [0.25, 0.3) is 0 Å². The van der Waals surface area contributed by atoms with Crippen molar-refractivity contribution in [2.24, 2.45) is 0 Å². The van der Waals surface area contributed by atoms with Gasteiger partial charge in [0.1, 0.15) is 0 Å². The molecule has 0 aliphatic heterocycles. The Hall–Kier alpha value is -0.980. The van der Waals surface area contributed by atoms with Crippen LogP contribution in [0.3, 0.4) is 0 Å². The van der Waals surface area contributed by atoms with E-state index in [1.165, 1.54) is 11.3 Å². The molecular formula is C11H19N. The maximum Gasteiger partial charge on any atom is 0.0337 e. The molecule has 0 fully saturated rings. The molecule has 0 radical (unpaired) electrons. The van der Waals surface area contributed by atoms with Crippen LogP contribution in [0, 0.1) is 0 Å². The molecule has 0 saturated heterocycles. The molecule has 1 nitrogen and oxygen atoms in total. The summed E-state index contributed by atoms with van der Waals surface area (Å²) in [7, 11) is 1.93. The van der Waals surface area contributed by atoms with Gasteiger partial charge in [-0.1, -0.05) is 32.9 Å². The van der Waals surface area contributed by atoms with E-state index < -0.39 is 0 Å².